The Balaban J connectivity index is 1.78. The van der Waals surface area contributed by atoms with Crippen LogP contribution in [-0.4, -0.2) is 18.3 Å². The van der Waals surface area contributed by atoms with Crippen molar-refractivity contribution in [2.45, 2.75) is 49.9 Å². The molecule has 1 aliphatic carbocycles. The molecule has 0 radical (unpaired) electrons. The van der Waals surface area contributed by atoms with Crippen molar-refractivity contribution in [3.63, 3.8) is 0 Å². The van der Waals surface area contributed by atoms with E-state index in [4.69, 9.17) is 10.5 Å². The molecule has 3 rings (SSSR count). The van der Waals surface area contributed by atoms with E-state index in [-0.39, 0.29) is 12.1 Å². The molecule has 0 saturated heterocycles. The lowest BCUT2D eigenvalue weighted by Gasteiger charge is -2.31. The van der Waals surface area contributed by atoms with E-state index in [1.54, 1.807) is 0 Å². The molecular weight excluding hydrogens is 229 g/mol. The summed E-state index contributed by atoms with van der Waals surface area (Å²) in [5.41, 5.74) is 7.17. The fourth-order valence-corrected chi connectivity index (χ4v) is 3.28. The third kappa shape index (κ3) is 2.29. The second-order valence-electron chi connectivity index (χ2n) is 5.67. The van der Waals surface area contributed by atoms with E-state index in [1.165, 1.54) is 11.1 Å². The van der Waals surface area contributed by atoms with Crippen LogP contribution in [0.2, 0.25) is 0 Å². The number of nitrogens with two attached hydrogens (primary N) is 1. The van der Waals surface area contributed by atoms with Gasteiger partial charge in [-0.3, -0.25) is 0 Å². The summed E-state index contributed by atoms with van der Waals surface area (Å²) < 4.78 is 20.5. The first-order chi connectivity index (χ1) is 8.66. The lowest BCUT2D eigenvalue weighted by Crippen LogP contribution is -2.28. The Labute approximate surface area is 107 Å². The normalized spacial score (nSPS) is 35.4. The third-order valence-corrected chi connectivity index (χ3v) is 4.23. The van der Waals surface area contributed by atoms with Crippen molar-refractivity contribution in [1.82, 2.24) is 0 Å². The topological polar surface area (TPSA) is 35.2 Å². The summed E-state index contributed by atoms with van der Waals surface area (Å²) in [5.74, 6) is 0. The van der Waals surface area contributed by atoms with Crippen LogP contribution in [0.15, 0.2) is 24.3 Å². The molecule has 98 valence electrons. The van der Waals surface area contributed by atoms with Crippen molar-refractivity contribution < 1.29 is 9.13 Å². The van der Waals surface area contributed by atoms with Crippen molar-refractivity contribution in [2.75, 3.05) is 6.61 Å². The number of benzene rings is 1. The molecular formula is C15H20FNO. The number of fused-ring (bicyclic) bond motifs is 1. The molecule has 0 bridgehead atoms. The molecule has 3 heteroatoms. The summed E-state index contributed by atoms with van der Waals surface area (Å²) in [6.45, 7) is 0.698. The predicted octanol–water partition coefficient (Wildman–Crippen LogP) is 2.91. The van der Waals surface area contributed by atoms with Crippen LogP contribution >= 0.6 is 0 Å². The van der Waals surface area contributed by atoms with E-state index in [9.17, 15) is 4.39 Å². The van der Waals surface area contributed by atoms with Crippen molar-refractivity contribution in [3.05, 3.63) is 35.4 Å². The van der Waals surface area contributed by atoms with Crippen LogP contribution < -0.4 is 5.73 Å². The SMILES string of the molecule is NC1CCC(F)(CC2OCCc3ccccc32)C1. The molecule has 0 aromatic heterocycles. The van der Waals surface area contributed by atoms with E-state index < -0.39 is 5.67 Å². The highest BCUT2D eigenvalue weighted by Crippen LogP contribution is 2.42. The number of hydrogen-bond acceptors (Lipinski definition) is 2. The van der Waals surface area contributed by atoms with Crippen LogP contribution in [0.3, 0.4) is 0 Å². The fraction of sp³-hybridized carbons (Fsp3) is 0.600. The van der Waals surface area contributed by atoms with Gasteiger partial charge in [0.05, 0.1) is 12.7 Å². The van der Waals surface area contributed by atoms with Crippen molar-refractivity contribution in [3.8, 4) is 0 Å². The van der Waals surface area contributed by atoms with Crippen LogP contribution in [0.4, 0.5) is 4.39 Å². The van der Waals surface area contributed by atoms with Gasteiger partial charge in [-0.25, -0.2) is 4.39 Å². The zero-order valence-corrected chi connectivity index (χ0v) is 10.6. The first-order valence-electron chi connectivity index (χ1n) is 6.80. The van der Waals surface area contributed by atoms with E-state index in [0.717, 1.165) is 12.8 Å². The summed E-state index contributed by atoms with van der Waals surface area (Å²) in [6, 6.07) is 8.26. The van der Waals surface area contributed by atoms with Gasteiger partial charge in [0.25, 0.3) is 0 Å². The number of rotatable bonds is 2. The Bertz CT molecular complexity index is 436. The maximum atomic E-state index is 14.7. The Hall–Kier alpha value is -0.930. The zero-order chi connectivity index (χ0) is 12.6. The minimum atomic E-state index is -1.13. The zero-order valence-electron chi connectivity index (χ0n) is 10.6. The summed E-state index contributed by atoms with van der Waals surface area (Å²) in [7, 11) is 0. The number of hydrogen-bond donors (Lipinski definition) is 1. The smallest absolute Gasteiger partial charge is 0.115 e. The number of alkyl halides is 1. The lowest BCUT2D eigenvalue weighted by atomic mass is 9.88. The first kappa shape index (κ1) is 12.1. The van der Waals surface area contributed by atoms with Crippen LogP contribution in [0, 0.1) is 0 Å². The maximum Gasteiger partial charge on any atom is 0.115 e. The largest absolute Gasteiger partial charge is 0.373 e. The second-order valence-corrected chi connectivity index (χ2v) is 5.67. The second kappa shape index (κ2) is 4.63. The molecule has 1 aromatic rings. The van der Waals surface area contributed by atoms with Gasteiger partial charge >= 0.3 is 0 Å². The number of halogens is 1. The first-order valence-corrected chi connectivity index (χ1v) is 6.80. The van der Waals surface area contributed by atoms with E-state index in [1.807, 2.05) is 12.1 Å². The molecule has 1 heterocycles. The molecule has 1 saturated carbocycles. The molecule has 3 unspecified atom stereocenters. The lowest BCUT2D eigenvalue weighted by molar-refractivity contribution is -0.00577. The number of ether oxygens (including phenoxy) is 1. The van der Waals surface area contributed by atoms with Gasteiger partial charge in [-0.2, -0.15) is 0 Å². The van der Waals surface area contributed by atoms with E-state index in [0.29, 0.717) is 25.9 Å². The monoisotopic (exact) mass is 249 g/mol. The van der Waals surface area contributed by atoms with Crippen molar-refractivity contribution in [1.29, 1.82) is 0 Å². The molecule has 1 fully saturated rings. The van der Waals surface area contributed by atoms with Crippen LogP contribution in [0.5, 0.6) is 0 Å². The van der Waals surface area contributed by atoms with Gasteiger partial charge in [0.1, 0.15) is 5.67 Å². The highest BCUT2D eigenvalue weighted by atomic mass is 19.1. The Kier molecular flexibility index (Phi) is 3.12. The Morgan fingerprint density at radius 2 is 2.22 bits per heavy atom. The van der Waals surface area contributed by atoms with Gasteiger partial charge in [-0.15, -0.1) is 0 Å². The van der Waals surface area contributed by atoms with E-state index >= 15 is 0 Å². The molecule has 0 amide bonds. The minimum absolute atomic E-state index is 0.0221. The van der Waals surface area contributed by atoms with Crippen molar-refractivity contribution in [2.24, 2.45) is 5.73 Å². The van der Waals surface area contributed by atoms with Crippen molar-refractivity contribution >= 4 is 0 Å². The molecule has 18 heavy (non-hydrogen) atoms. The molecule has 2 N–H and O–H groups in total. The Morgan fingerprint density at radius 1 is 1.39 bits per heavy atom. The highest BCUT2D eigenvalue weighted by molar-refractivity contribution is 5.31. The fourth-order valence-electron chi connectivity index (χ4n) is 3.28. The molecule has 3 atom stereocenters. The molecule has 2 aliphatic rings. The Morgan fingerprint density at radius 3 is 3.00 bits per heavy atom. The average molecular weight is 249 g/mol. The van der Waals surface area contributed by atoms with Crippen LogP contribution in [0.1, 0.15) is 42.9 Å². The van der Waals surface area contributed by atoms with E-state index in [2.05, 4.69) is 12.1 Å². The molecule has 0 spiro atoms. The van der Waals surface area contributed by atoms with Gasteiger partial charge < -0.3 is 10.5 Å². The summed E-state index contributed by atoms with van der Waals surface area (Å²) in [6.07, 6.45) is 3.16. The van der Waals surface area contributed by atoms with Gasteiger partial charge in [-0.05, 0) is 36.8 Å². The molecule has 1 aliphatic heterocycles. The van der Waals surface area contributed by atoms with Crippen LogP contribution in [0.25, 0.3) is 0 Å². The van der Waals surface area contributed by atoms with Crippen LogP contribution in [-0.2, 0) is 11.2 Å². The third-order valence-electron chi connectivity index (χ3n) is 4.23. The quantitative estimate of drug-likeness (QED) is 0.874. The minimum Gasteiger partial charge on any atom is -0.373 e. The molecule has 1 aromatic carbocycles. The van der Waals surface area contributed by atoms with Gasteiger partial charge in [-0.1, -0.05) is 24.3 Å². The maximum absolute atomic E-state index is 14.7. The highest BCUT2D eigenvalue weighted by Gasteiger charge is 2.41. The summed E-state index contributed by atoms with van der Waals surface area (Å²) in [5, 5.41) is 0. The van der Waals surface area contributed by atoms with Gasteiger partial charge in [0.15, 0.2) is 0 Å². The average Bonchev–Trinajstić information content (AvgIpc) is 2.70. The van der Waals surface area contributed by atoms with Gasteiger partial charge in [0.2, 0.25) is 0 Å². The summed E-state index contributed by atoms with van der Waals surface area (Å²) in [4.78, 5) is 0. The predicted molar refractivity (Wildman–Crippen MR) is 69.1 cm³/mol. The molecule has 2 nitrogen and oxygen atoms in total. The summed E-state index contributed by atoms with van der Waals surface area (Å²) >= 11 is 0. The standard InChI is InChI=1S/C15H20FNO/c16-15(7-5-12(17)9-15)10-14-13-4-2-1-3-11(13)6-8-18-14/h1-4,12,14H,5-10,17H2. The van der Waals surface area contributed by atoms with Gasteiger partial charge in [0, 0.05) is 12.5 Å².